The third-order valence-electron chi connectivity index (χ3n) is 3.09. The second-order valence-corrected chi connectivity index (χ2v) is 7.22. The number of hydrogen-bond donors (Lipinski definition) is 0. The molecule has 2 aliphatic carbocycles. The third kappa shape index (κ3) is 0.334. The SMILES string of the molecule is C1C2[I-]C1[C@H]1CCC21. The molecule has 2 saturated heterocycles. The summed E-state index contributed by atoms with van der Waals surface area (Å²) < 4.78 is 2.66. The molecule has 0 radical (unpaired) electrons. The van der Waals surface area contributed by atoms with Crippen LogP contribution < -0.4 is 21.2 Å². The Kier molecular flexibility index (Phi) is 0.708. The van der Waals surface area contributed by atoms with Gasteiger partial charge in [0.1, 0.15) is 0 Å². The van der Waals surface area contributed by atoms with E-state index in [0.29, 0.717) is 0 Å². The van der Waals surface area contributed by atoms with Gasteiger partial charge in [0.05, 0.1) is 0 Å². The molecule has 0 aromatic heterocycles. The summed E-state index contributed by atoms with van der Waals surface area (Å²) in [4.78, 5) is 0. The summed E-state index contributed by atoms with van der Waals surface area (Å²) >= 11 is 0.759. The Morgan fingerprint density at radius 1 is 1.00 bits per heavy atom. The van der Waals surface area contributed by atoms with E-state index in [0.717, 1.165) is 21.2 Å². The van der Waals surface area contributed by atoms with Crippen molar-refractivity contribution in [2.24, 2.45) is 11.8 Å². The summed E-state index contributed by atoms with van der Waals surface area (Å²) in [5, 5.41) is 0. The normalized spacial score (nSPS) is 67.0. The first-order valence-electron chi connectivity index (χ1n) is 3.57. The van der Waals surface area contributed by atoms with Crippen LogP contribution in [0.25, 0.3) is 0 Å². The van der Waals surface area contributed by atoms with Crippen LogP contribution in [-0.4, -0.2) is 7.85 Å². The van der Waals surface area contributed by atoms with Crippen LogP contribution in [0.15, 0.2) is 0 Å². The van der Waals surface area contributed by atoms with Gasteiger partial charge in [-0.3, -0.25) is 0 Å². The van der Waals surface area contributed by atoms with Gasteiger partial charge in [0.25, 0.3) is 0 Å². The van der Waals surface area contributed by atoms with Crippen molar-refractivity contribution in [2.45, 2.75) is 27.1 Å². The van der Waals surface area contributed by atoms with E-state index in [1.165, 1.54) is 19.7 Å². The van der Waals surface area contributed by atoms with Gasteiger partial charge < -0.3 is 0 Å². The van der Waals surface area contributed by atoms with Crippen LogP contribution in [-0.2, 0) is 0 Å². The molecular formula is C7H10I-. The van der Waals surface area contributed by atoms with Crippen LogP contribution in [0.4, 0.5) is 0 Å². The summed E-state index contributed by atoms with van der Waals surface area (Å²) in [7, 11) is 0. The van der Waals surface area contributed by atoms with Crippen molar-refractivity contribution >= 4 is 0 Å². The Morgan fingerprint density at radius 2 is 1.50 bits per heavy atom. The fourth-order valence-electron chi connectivity index (χ4n) is 2.40. The van der Waals surface area contributed by atoms with Crippen LogP contribution in [0.1, 0.15) is 19.3 Å². The van der Waals surface area contributed by atoms with Crippen LogP contribution in [0, 0.1) is 11.8 Å². The first-order chi connectivity index (χ1) is 3.95. The molecule has 2 bridgehead atoms. The molecule has 4 aliphatic rings. The standard InChI is InChI=1S/C7H10I/c1-2-5-4(1)6-3-7(5)8-6/h4-7H,1-3H2/q-1/t4-,5?,6?,7?/m0/s1. The van der Waals surface area contributed by atoms with E-state index < -0.39 is 0 Å². The number of halogens is 1. The van der Waals surface area contributed by atoms with Crippen LogP contribution in [0.5, 0.6) is 0 Å². The van der Waals surface area contributed by atoms with Gasteiger partial charge in [-0.05, 0) is 0 Å². The van der Waals surface area contributed by atoms with E-state index in [9.17, 15) is 0 Å². The number of hydrogen-bond acceptors (Lipinski definition) is 0. The van der Waals surface area contributed by atoms with E-state index in [4.69, 9.17) is 0 Å². The van der Waals surface area contributed by atoms with Gasteiger partial charge in [-0.1, -0.05) is 0 Å². The van der Waals surface area contributed by atoms with E-state index in [1.807, 2.05) is 0 Å². The summed E-state index contributed by atoms with van der Waals surface area (Å²) in [5.41, 5.74) is 0. The topological polar surface area (TPSA) is 0 Å². The van der Waals surface area contributed by atoms with Gasteiger partial charge in [0.15, 0.2) is 0 Å². The number of alkyl halides is 2. The minimum absolute atomic E-state index is 0.759. The summed E-state index contributed by atoms with van der Waals surface area (Å²) in [6.45, 7) is 0. The summed E-state index contributed by atoms with van der Waals surface area (Å²) in [6, 6.07) is 0. The van der Waals surface area contributed by atoms with Gasteiger partial charge in [-0.15, -0.1) is 0 Å². The molecule has 8 heavy (non-hydrogen) atoms. The molecule has 4 fully saturated rings. The van der Waals surface area contributed by atoms with Crippen molar-refractivity contribution in [2.75, 3.05) is 0 Å². The zero-order valence-electron chi connectivity index (χ0n) is 4.81. The fraction of sp³-hybridized carbons (Fsp3) is 1.00. The van der Waals surface area contributed by atoms with Crippen molar-refractivity contribution in [3.05, 3.63) is 0 Å². The average molecular weight is 221 g/mol. The molecule has 2 saturated carbocycles. The molecular weight excluding hydrogens is 211 g/mol. The minimum atomic E-state index is 0.759. The predicted octanol–water partition coefficient (Wildman–Crippen LogP) is -1.74. The van der Waals surface area contributed by atoms with Gasteiger partial charge in [-0.2, -0.15) is 0 Å². The molecule has 4 rings (SSSR count). The van der Waals surface area contributed by atoms with Crippen molar-refractivity contribution in [3.8, 4) is 0 Å². The first-order valence-corrected chi connectivity index (χ1v) is 6.06. The Labute approximate surface area is 60.3 Å². The Morgan fingerprint density at radius 3 is 1.75 bits per heavy atom. The van der Waals surface area contributed by atoms with Gasteiger partial charge in [-0.25, -0.2) is 0 Å². The molecule has 2 heterocycles. The molecule has 46 valence electrons. The quantitative estimate of drug-likeness (QED) is 0.336. The van der Waals surface area contributed by atoms with Gasteiger partial charge >= 0.3 is 60.2 Å². The Hall–Kier alpha value is 0.730. The van der Waals surface area contributed by atoms with Crippen LogP contribution >= 0.6 is 0 Å². The first kappa shape index (κ1) is 4.53. The Balaban J connectivity index is 1.99. The average Bonchev–Trinajstić information content (AvgIpc) is 1.82. The molecule has 4 atom stereocenters. The van der Waals surface area contributed by atoms with E-state index in [2.05, 4.69) is 0 Å². The van der Waals surface area contributed by atoms with Crippen molar-refractivity contribution < 1.29 is 21.2 Å². The molecule has 0 spiro atoms. The zero-order chi connectivity index (χ0) is 5.14. The van der Waals surface area contributed by atoms with Crippen molar-refractivity contribution in [1.29, 1.82) is 0 Å². The molecule has 0 amide bonds. The second-order valence-electron chi connectivity index (χ2n) is 3.30. The van der Waals surface area contributed by atoms with Crippen LogP contribution in [0.2, 0.25) is 0 Å². The molecule has 3 unspecified atom stereocenters. The Bertz CT molecular complexity index is 112. The summed E-state index contributed by atoms with van der Waals surface area (Å²) in [6.07, 6.45) is 4.90. The maximum atomic E-state index is 1.67. The second kappa shape index (κ2) is 1.25. The van der Waals surface area contributed by atoms with Gasteiger partial charge in [0, 0.05) is 0 Å². The molecule has 0 aromatic rings. The summed E-state index contributed by atoms with van der Waals surface area (Å²) in [5.74, 6) is 2.57. The molecule has 0 aromatic carbocycles. The fourth-order valence-corrected chi connectivity index (χ4v) is 7.18. The molecule has 0 nitrogen and oxygen atoms in total. The van der Waals surface area contributed by atoms with Crippen LogP contribution in [0.3, 0.4) is 0 Å². The molecule has 1 heteroatoms. The predicted molar refractivity (Wildman–Crippen MR) is 28.4 cm³/mol. The van der Waals surface area contributed by atoms with E-state index in [1.54, 1.807) is 19.3 Å². The molecule has 0 N–H and O–H groups in total. The number of rotatable bonds is 0. The maximum absolute atomic E-state index is 1.67. The van der Waals surface area contributed by atoms with E-state index in [-0.39, 0.29) is 0 Å². The van der Waals surface area contributed by atoms with Crippen molar-refractivity contribution in [1.82, 2.24) is 0 Å². The zero-order valence-corrected chi connectivity index (χ0v) is 6.97. The molecule has 2 aliphatic heterocycles. The van der Waals surface area contributed by atoms with Crippen molar-refractivity contribution in [3.63, 3.8) is 0 Å². The van der Waals surface area contributed by atoms with Gasteiger partial charge in [0.2, 0.25) is 0 Å². The monoisotopic (exact) mass is 221 g/mol. The van der Waals surface area contributed by atoms with E-state index >= 15 is 0 Å². The third-order valence-corrected chi connectivity index (χ3v) is 7.80.